The summed E-state index contributed by atoms with van der Waals surface area (Å²) >= 11 is 0. The van der Waals surface area contributed by atoms with Crippen molar-refractivity contribution >= 4 is 11.8 Å². The van der Waals surface area contributed by atoms with Gasteiger partial charge in [-0.15, -0.1) is 0 Å². The second-order valence-electron chi connectivity index (χ2n) is 5.32. The van der Waals surface area contributed by atoms with Crippen LogP contribution in [0.25, 0.3) is 11.1 Å². The molecular formula is C17H15NO2. The van der Waals surface area contributed by atoms with Gasteiger partial charge in [-0.2, -0.15) is 0 Å². The Labute approximate surface area is 117 Å². The van der Waals surface area contributed by atoms with E-state index in [1.807, 2.05) is 18.2 Å². The number of benzene rings is 2. The highest BCUT2D eigenvalue weighted by atomic mass is 16.2. The minimum atomic E-state index is -0.313. The Balaban J connectivity index is 2.08. The molecule has 0 radical (unpaired) electrons. The highest BCUT2D eigenvalue weighted by Crippen LogP contribution is 2.27. The van der Waals surface area contributed by atoms with Gasteiger partial charge >= 0.3 is 0 Å². The second-order valence-corrected chi connectivity index (χ2v) is 5.32. The van der Waals surface area contributed by atoms with Crippen LogP contribution >= 0.6 is 0 Å². The zero-order chi connectivity index (χ0) is 14.3. The molecular weight excluding hydrogens is 250 g/mol. The molecule has 0 aromatic heterocycles. The highest BCUT2D eigenvalue weighted by molar-refractivity contribution is 6.21. The van der Waals surface area contributed by atoms with E-state index in [-0.39, 0.29) is 11.8 Å². The average Bonchev–Trinajstić information content (AvgIpc) is 2.74. The van der Waals surface area contributed by atoms with E-state index < -0.39 is 0 Å². The van der Waals surface area contributed by atoms with Crippen molar-refractivity contribution in [3.63, 3.8) is 0 Å². The fraction of sp³-hybridized carbons (Fsp3) is 0.176. The summed E-state index contributed by atoms with van der Waals surface area (Å²) < 4.78 is 0. The minimum absolute atomic E-state index is 0.313. The lowest BCUT2D eigenvalue weighted by Crippen LogP contribution is -2.19. The van der Waals surface area contributed by atoms with Crippen LogP contribution in [-0.2, 0) is 0 Å². The molecule has 0 atom stereocenters. The van der Waals surface area contributed by atoms with Crippen LogP contribution in [0.4, 0.5) is 0 Å². The maximum Gasteiger partial charge on any atom is 0.258 e. The summed E-state index contributed by atoms with van der Waals surface area (Å²) in [5, 5.41) is 2.31. The van der Waals surface area contributed by atoms with Crippen molar-refractivity contribution in [2.24, 2.45) is 0 Å². The van der Waals surface area contributed by atoms with Crippen LogP contribution in [0.15, 0.2) is 42.5 Å². The predicted molar refractivity (Wildman–Crippen MR) is 77.8 cm³/mol. The van der Waals surface area contributed by atoms with Crippen molar-refractivity contribution in [2.75, 3.05) is 0 Å². The molecule has 3 nitrogen and oxygen atoms in total. The van der Waals surface area contributed by atoms with Gasteiger partial charge in [0.15, 0.2) is 0 Å². The van der Waals surface area contributed by atoms with Crippen LogP contribution < -0.4 is 5.32 Å². The average molecular weight is 265 g/mol. The Morgan fingerprint density at radius 2 is 1.55 bits per heavy atom. The van der Waals surface area contributed by atoms with Crippen molar-refractivity contribution in [1.29, 1.82) is 0 Å². The van der Waals surface area contributed by atoms with Crippen molar-refractivity contribution in [2.45, 2.75) is 19.8 Å². The van der Waals surface area contributed by atoms with E-state index in [2.05, 4.69) is 31.3 Å². The van der Waals surface area contributed by atoms with Crippen LogP contribution in [0.2, 0.25) is 0 Å². The van der Waals surface area contributed by atoms with E-state index in [1.54, 1.807) is 12.1 Å². The normalized spacial score (nSPS) is 13.6. The smallest absolute Gasteiger partial charge is 0.258 e. The van der Waals surface area contributed by atoms with E-state index in [9.17, 15) is 9.59 Å². The quantitative estimate of drug-likeness (QED) is 0.846. The summed E-state index contributed by atoms with van der Waals surface area (Å²) in [6, 6.07) is 13.6. The number of rotatable bonds is 2. The van der Waals surface area contributed by atoms with Gasteiger partial charge in [0.1, 0.15) is 0 Å². The summed E-state index contributed by atoms with van der Waals surface area (Å²) in [5.74, 6) is -0.173. The van der Waals surface area contributed by atoms with E-state index in [0.717, 1.165) is 11.1 Å². The number of hydrogen-bond donors (Lipinski definition) is 1. The van der Waals surface area contributed by atoms with Crippen LogP contribution in [0.1, 0.15) is 46.0 Å². The van der Waals surface area contributed by atoms with Crippen molar-refractivity contribution in [3.05, 3.63) is 59.2 Å². The van der Waals surface area contributed by atoms with Crippen molar-refractivity contribution in [3.8, 4) is 11.1 Å². The summed E-state index contributed by atoms with van der Waals surface area (Å²) in [7, 11) is 0. The Hall–Kier alpha value is -2.42. The number of hydrogen-bond acceptors (Lipinski definition) is 2. The number of carbonyl (C=O) groups excluding carboxylic acids is 2. The van der Waals surface area contributed by atoms with Crippen LogP contribution in [0, 0.1) is 0 Å². The molecule has 0 bridgehead atoms. The molecule has 1 N–H and O–H groups in total. The summed E-state index contributed by atoms with van der Waals surface area (Å²) in [6.07, 6.45) is 0. The lowest BCUT2D eigenvalue weighted by atomic mass is 9.95. The van der Waals surface area contributed by atoms with Gasteiger partial charge in [0, 0.05) is 0 Å². The molecule has 0 aliphatic carbocycles. The lowest BCUT2D eigenvalue weighted by molar-refractivity contribution is 0.0879. The third kappa shape index (κ3) is 2.01. The Kier molecular flexibility index (Phi) is 2.90. The van der Waals surface area contributed by atoms with Gasteiger partial charge in [-0.05, 0) is 34.7 Å². The first-order valence-electron chi connectivity index (χ1n) is 6.66. The SMILES string of the molecule is CC(C)c1cccc(-c2ccc3c(c2)C(=O)NC3=O)c1. The van der Waals surface area contributed by atoms with E-state index >= 15 is 0 Å². The molecule has 0 spiro atoms. The molecule has 20 heavy (non-hydrogen) atoms. The second kappa shape index (κ2) is 4.60. The molecule has 0 saturated heterocycles. The summed E-state index contributed by atoms with van der Waals surface area (Å²) in [5.41, 5.74) is 4.19. The largest absolute Gasteiger partial charge is 0.288 e. The number of nitrogens with one attached hydrogen (secondary N) is 1. The standard InChI is InChI=1S/C17H15NO2/c1-10(2)11-4-3-5-12(8-11)13-6-7-14-15(9-13)17(20)18-16(14)19/h3-10H,1-2H3,(H,18,19,20). The molecule has 2 aromatic rings. The molecule has 2 amide bonds. The summed E-state index contributed by atoms with van der Waals surface area (Å²) in [6.45, 7) is 4.29. The third-order valence-electron chi connectivity index (χ3n) is 3.62. The van der Waals surface area contributed by atoms with Gasteiger partial charge in [0.2, 0.25) is 0 Å². The Morgan fingerprint density at radius 1 is 0.850 bits per heavy atom. The molecule has 2 aromatic carbocycles. The molecule has 3 rings (SSSR count). The topological polar surface area (TPSA) is 46.2 Å². The molecule has 1 aliphatic rings. The van der Waals surface area contributed by atoms with E-state index in [1.165, 1.54) is 5.56 Å². The van der Waals surface area contributed by atoms with Crippen LogP contribution in [-0.4, -0.2) is 11.8 Å². The molecule has 0 saturated carbocycles. The molecule has 100 valence electrons. The zero-order valence-corrected chi connectivity index (χ0v) is 11.4. The number of imide groups is 1. The molecule has 1 heterocycles. The first kappa shape index (κ1) is 12.6. The fourth-order valence-corrected chi connectivity index (χ4v) is 2.42. The number of amides is 2. The molecule has 0 fully saturated rings. The monoisotopic (exact) mass is 265 g/mol. The fourth-order valence-electron chi connectivity index (χ4n) is 2.42. The van der Waals surface area contributed by atoms with Gasteiger partial charge in [0.05, 0.1) is 11.1 Å². The molecule has 0 unspecified atom stereocenters. The van der Waals surface area contributed by atoms with Gasteiger partial charge in [-0.1, -0.05) is 44.2 Å². The van der Waals surface area contributed by atoms with Gasteiger partial charge in [-0.3, -0.25) is 14.9 Å². The van der Waals surface area contributed by atoms with Gasteiger partial charge in [0.25, 0.3) is 11.8 Å². The third-order valence-corrected chi connectivity index (χ3v) is 3.62. The maximum atomic E-state index is 11.7. The lowest BCUT2D eigenvalue weighted by Gasteiger charge is -2.09. The first-order valence-corrected chi connectivity index (χ1v) is 6.66. The van der Waals surface area contributed by atoms with E-state index in [4.69, 9.17) is 0 Å². The van der Waals surface area contributed by atoms with Crippen molar-refractivity contribution < 1.29 is 9.59 Å². The first-order chi connectivity index (χ1) is 9.56. The van der Waals surface area contributed by atoms with Crippen LogP contribution in [0.3, 0.4) is 0 Å². The predicted octanol–water partition coefficient (Wildman–Crippen LogP) is 3.36. The Bertz CT molecular complexity index is 717. The minimum Gasteiger partial charge on any atom is -0.288 e. The number of fused-ring (bicyclic) bond motifs is 1. The van der Waals surface area contributed by atoms with Gasteiger partial charge < -0.3 is 0 Å². The number of carbonyl (C=O) groups is 2. The maximum absolute atomic E-state index is 11.7. The summed E-state index contributed by atoms with van der Waals surface area (Å²) in [4.78, 5) is 23.2. The van der Waals surface area contributed by atoms with Crippen molar-refractivity contribution in [1.82, 2.24) is 5.32 Å². The van der Waals surface area contributed by atoms with Crippen LogP contribution in [0.5, 0.6) is 0 Å². The highest BCUT2D eigenvalue weighted by Gasteiger charge is 2.26. The molecule has 1 aliphatic heterocycles. The molecule has 3 heteroatoms. The Morgan fingerprint density at radius 3 is 2.30 bits per heavy atom. The van der Waals surface area contributed by atoms with E-state index in [0.29, 0.717) is 17.0 Å². The van der Waals surface area contributed by atoms with Gasteiger partial charge in [-0.25, -0.2) is 0 Å². The zero-order valence-electron chi connectivity index (χ0n) is 11.4.